The van der Waals surface area contributed by atoms with Crippen LogP contribution in [0.25, 0.3) is 5.76 Å². The highest BCUT2D eigenvalue weighted by Gasteiger charge is 2.25. The minimum Gasteiger partial charge on any atom is -0.481 e. The van der Waals surface area contributed by atoms with E-state index in [9.17, 15) is 9.59 Å². The summed E-state index contributed by atoms with van der Waals surface area (Å²) in [5.41, 5.74) is 1.14. The number of carbonyl (C=O) groups excluding carboxylic acids is 1. The number of benzene rings is 1. The van der Waals surface area contributed by atoms with Gasteiger partial charge in [-0.1, -0.05) is 18.2 Å². The number of hydrogen-bond donors (Lipinski definition) is 1. The number of rotatable bonds is 2. The van der Waals surface area contributed by atoms with E-state index in [-0.39, 0.29) is 6.42 Å². The third-order valence-electron chi connectivity index (χ3n) is 2.08. The molecule has 0 bridgehead atoms. The van der Waals surface area contributed by atoms with Gasteiger partial charge in [-0.15, -0.1) is 0 Å². The van der Waals surface area contributed by atoms with Gasteiger partial charge in [0.15, 0.2) is 0 Å². The molecule has 4 heteroatoms. The van der Waals surface area contributed by atoms with Crippen molar-refractivity contribution in [2.75, 3.05) is 0 Å². The summed E-state index contributed by atoms with van der Waals surface area (Å²) in [6, 6.07) is 6.89. The molecular weight excluding hydrogens is 196 g/mol. The van der Waals surface area contributed by atoms with Crippen LogP contribution < -0.4 is 0 Å². The third kappa shape index (κ3) is 1.74. The Morgan fingerprint density at radius 3 is 2.67 bits per heavy atom. The molecule has 0 saturated heterocycles. The molecule has 2 rings (SSSR count). The SMILES string of the molecule is O=C(O)C/C=C1/OC(=O)c2ccccc21. The van der Waals surface area contributed by atoms with Crippen LogP contribution in [0.15, 0.2) is 30.3 Å². The average Bonchev–Trinajstić information content (AvgIpc) is 2.54. The number of carboxylic acid groups (broad SMARTS) is 1. The first kappa shape index (κ1) is 9.45. The van der Waals surface area contributed by atoms with E-state index in [0.717, 1.165) is 0 Å². The second kappa shape index (κ2) is 3.57. The Morgan fingerprint density at radius 2 is 2.00 bits per heavy atom. The third-order valence-corrected chi connectivity index (χ3v) is 2.08. The van der Waals surface area contributed by atoms with Crippen LogP contribution in [0.1, 0.15) is 22.3 Å². The fourth-order valence-electron chi connectivity index (χ4n) is 1.42. The average molecular weight is 204 g/mol. The summed E-state index contributed by atoms with van der Waals surface area (Å²) in [5.74, 6) is -1.05. The maximum atomic E-state index is 11.3. The molecule has 0 saturated carbocycles. The van der Waals surface area contributed by atoms with E-state index in [2.05, 4.69) is 0 Å². The van der Waals surface area contributed by atoms with Crippen molar-refractivity contribution < 1.29 is 19.4 Å². The molecular formula is C11H8O4. The molecule has 0 spiro atoms. The van der Waals surface area contributed by atoms with Crippen molar-refractivity contribution in [1.29, 1.82) is 0 Å². The van der Waals surface area contributed by atoms with Gasteiger partial charge in [0.2, 0.25) is 0 Å². The van der Waals surface area contributed by atoms with Crippen LogP contribution in [0.5, 0.6) is 0 Å². The molecule has 0 aromatic heterocycles. The number of aliphatic carboxylic acids is 1. The molecule has 1 aliphatic rings. The fraction of sp³-hybridized carbons (Fsp3) is 0.0909. The summed E-state index contributed by atoms with van der Waals surface area (Å²) in [5, 5.41) is 8.50. The summed E-state index contributed by atoms with van der Waals surface area (Å²) < 4.78 is 4.94. The first-order valence-electron chi connectivity index (χ1n) is 4.42. The van der Waals surface area contributed by atoms with Crippen molar-refractivity contribution in [2.24, 2.45) is 0 Å². The van der Waals surface area contributed by atoms with Crippen molar-refractivity contribution in [3.8, 4) is 0 Å². The highest BCUT2D eigenvalue weighted by atomic mass is 16.5. The smallest absolute Gasteiger partial charge is 0.344 e. The Bertz CT molecular complexity index is 459. The van der Waals surface area contributed by atoms with Gasteiger partial charge in [0.25, 0.3) is 0 Å². The minimum absolute atomic E-state index is 0.156. The van der Waals surface area contributed by atoms with Crippen LogP contribution in [0, 0.1) is 0 Å². The van der Waals surface area contributed by atoms with Gasteiger partial charge in [-0.3, -0.25) is 4.79 Å². The molecule has 1 aromatic rings. The van der Waals surface area contributed by atoms with E-state index in [1.54, 1.807) is 24.3 Å². The molecule has 0 radical (unpaired) electrons. The Morgan fingerprint density at radius 1 is 1.33 bits per heavy atom. The van der Waals surface area contributed by atoms with E-state index in [1.807, 2.05) is 0 Å². The number of carbonyl (C=O) groups is 2. The molecule has 4 nitrogen and oxygen atoms in total. The van der Waals surface area contributed by atoms with Gasteiger partial charge in [0.1, 0.15) is 5.76 Å². The highest BCUT2D eigenvalue weighted by Crippen LogP contribution is 2.29. The van der Waals surface area contributed by atoms with E-state index in [4.69, 9.17) is 9.84 Å². The summed E-state index contributed by atoms with van der Waals surface area (Å²) in [4.78, 5) is 21.7. The van der Waals surface area contributed by atoms with Crippen LogP contribution in [0.4, 0.5) is 0 Å². The lowest BCUT2D eigenvalue weighted by Gasteiger charge is -1.95. The van der Waals surface area contributed by atoms with Crippen molar-refractivity contribution in [3.63, 3.8) is 0 Å². The van der Waals surface area contributed by atoms with Crippen molar-refractivity contribution in [3.05, 3.63) is 41.5 Å². The number of fused-ring (bicyclic) bond motifs is 1. The summed E-state index contributed by atoms with van der Waals surface area (Å²) in [6.07, 6.45) is 1.24. The van der Waals surface area contributed by atoms with Gasteiger partial charge in [-0.05, 0) is 12.1 Å². The van der Waals surface area contributed by atoms with Crippen LogP contribution in [0.2, 0.25) is 0 Å². The summed E-state index contributed by atoms with van der Waals surface area (Å²) >= 11 is 0. The van der Waals surface area contributed by atoms with Crippen molar-refractivity contribution in [2.45, 2.75) is 6.42 Å². The molecule has 0 amide bonds. The van der Waals surface area contributed by atoms with Crippen LogP contribution >= 0.6 is 0 Å². The van der Waals surface area contributed by atoms with Crippen LogP contribution in [0.3, 0.4) is 0 Å². The van der Waals surface area contributed by atoms with E-state index in [0.29, 0.717) is 16.9 Å². The van der Waals surface area contributed by atoms with Crippen molar-refractivity contribution >= 4 is 17.7 Å². The van der Waals surface area contributed by atoms with Gasteiger partial charge in [-0.2, -0.15) is 0 Å². The van der Waals surface area contributed by atoms with Gasteiger partial charge in [-0.25, -0.2) is 4.79 Å². The molecule has 1 N–H and O–H groups in total. The Labute approximate surface area is 85.8 Å². The van der Waals surface area contributed by atoms with E-state index in [1.165, 1.54) is 6.08 Å². The zero-order valence-corrected chi connectivity index (χ0v) is 7.77. The lowest BCUT2D eigenvalue weighted by atomic mass is 10.1. The standard InChI is InChI=1S/C11H8O4/c12-10(13)6-5-9-7-3-1-2-4-8(7)11(14)15-9/h1-5H,6H2,(H,12,13)/b9-5+. The summed E-state index contributed by atoms with van der Waals surface area (Å²) in [6.45, 7) is 0. The second-order valence-corrected chi connectivity index (χ2v) is 3.10. The fourth-order valence-corrected chi connectivity index (χ4v) is 1.42. The first-order chi connectivity index (χ1) is 7.18. The van der Waals surface area contributed by atoms with E-state index < -0.39 is 11.9 Å². The second-order valence-electron chi connectivity index (χ2n) is 3.10. The molecule has 15 heavy (non-hydrogen) atoms. The Kier molecular flexibility index (Phi) is 2.25. The number of esters is 1. The number of ether oxygens (including phenoxy) is 1. The van der Waals surface area contributed by atoms with Crippen LogP contribution in [-0.2, 0) is 9.53 Å². The first-order valence-corrected chi connectivity index (χ1v) is 4.42. The van der Waals surface area contributed by atoms with Crippen LogP contribution in [-0.4, -0.2) is 17.0 Å². The normalized spacial score (nSPS) is 16.3. The summed E-state index contributed by atoms with van der Waals surface area (Å²) in [7, 11) is 0. The van der Waals surface area contributed by atoms with Gasteiger partial charge in [0.05, 0.1) is 12.0 Å². The molecule has 1 aromatic carbocycles. The predicted octanol–water partition coefficient (Wildman–Crippen LogP) is 1.67. The van der Waals surface area contributed by atoms with Gasteiger partial charge < -0.3 is 9.84 Å². The lowest BCUT2D eigenvalue weighted by Crippen LogP contribution is -1.93. The largest absolute Gasteiger partial charge is 0.481 e. The number of cyclic esters (lactones) is 1. The lowest BCUT2D eigenvalue weighted by molar-refractivity contribution is -0.136. The zero-order chi connectivity index (χ0) is 10.8. The monoisotopic (exact) mass is 204 g/mol. The van der Waals surface area contributed by atoms with Gasteiger partial charge >= 0.3 is 11.9 Å². The number of carboxylic acids is 1. The Hall–Kier alpha value is -2.10. The molecule has 0 aliphatic carbocycles. The minimum atomic E-state index is -0.956. The maximum Gasteiger partial charge on any atom is 0.344 e. The zero-order valence-electron chi connectivity index (χ0n) is 7.77. The molecule has 0 unspecified atom stereocenters. The molecule has 0 fully saturated rings. The maximum absolute atomic E-state index is 11.3. The quantitative estimate of drug-likeness (QED) is 0.744. The topological polar surface area (TPSA) is 63.6 Å². The van der Waals surface area contributed by atoms with Crippen molar-refractivity contribution in [1.82, 2.24) is 0 Å². The predicted molar refractivity (Wildman–Crippen MR) is 52.1 cm³/mol. The highest BCUT2D eigenvalue weighted by molar-refractivity contribution is 6.03. The van der Waals surface area contributed by atoms with E-state index >= 15 is 0 Å². The molecule has 1 aliphatic heterocycles. The Balaban J connectivity index is 2.36. The van der Waals surface area contributed by atoms with Gasteiger partial charge in [0, 0.05) is 5.56 Å². The number of hydrogen-bond acceptors (Lipinski definition) is 3. The molecule has 1 heterocycles. The molecule has 76 valence electrons. The molecule has 0 atom stereocenters.